The largest absolute Gasteiger partial charge is 0.416 e. The minimum atomic E-state index is -4.80. The summed E-state index contributed by atoms with van der Waals surface area (Å²) in [6.45, 7) is 7.09. The predicted octanol–water partition coefficient (Wildman–Crippen LogP) is 4.38. The van der Waals surface area contributed by atoms with Gasteiger partial charge in [0.2, 0.25) is 0 Å². The number of nitro benzene ring substituents is 1. The second kappa shape index (κ2) is 9.38. The minimum Gasteiger partial charge on any atom is -0.345 e. The number of halogens is 3. The van der Waals surface area contributed by atoms with Crippen molar-refractivity contribution >= 4 is 32.2 Å². The number of piperazine rings is 1. The fourth-order valence-corrected chi connectivity index (χ4v) is 6.13. The second-order valence-electron chi connectivity index (χ2n) is 9.41. The zero-order valence-electron chi connectivity index (χ0n) is 19.3. The average molecular weight is 500 g/mol. The molecule has 2 heterocycles. The lowest BCUT2D eigenvalue weighted by atomic mass is 9.80. The van der Waals surface area contributed by atoms with Gasteiger partial charge in [0.25, 0.3) is 11.2 Å². The van der Waals surface area contributed by atoms with Gasteiger partial charge in [0.05, 0.1) is 15.9 Å². The normalized spacial score (nSPS) is 24.7. The van der Waals surface area contributed by atoms with Crippen molar-refractivity contribution in [2.24, 2.45) is 11.8 Å². The van der Waals surface area contributed by atoms with Crippen LogP contribution in [-0.4, -0.2) is 59.2 Å². The van der Waals surface area contributed by atoms with E-state index in [2.05, 4.69) is 35.9 Å². The maximum atomic E-state index is 13.2. The number of aromatic nitrogens is 1. The monoisotopic (exact) mass is 499 g/mol. The number of nitrogens with zero attached hydrogens (tertiary/aromatic N) is 5. The predicted molar refractivity (Wildman–Crippen MR) is 125 cm³/mol. The maximum absolute atomic E-state index is 13.2. The average Bonchev–Trinajstić information content (AvgIpc) is 2.79. The van der Waals surface area contributed by atoms with Crippen LogP contribution in [0.2, 0.25) is 0 Å². The zero-order valence-corrected chi connectivity index (χ0v) is 20.2. The molecule has 0 bridgehead atoms. The van der Waals surface area contributed by atoms with Crippen LogP contribution in [0.25, 0.3) is 10.1 Å². The topological polar surface area (TPSA) is 82.8 Å². The van der Waals surface area contributed by atoms with Gasteiger partial charge < -0.3 is 4.90 Å². The molecule has 186 valence electrons. The first-order chi connectivity index (χ1) is 16.0. The smallest absolute Gasteiger partial charge is 0.345 e. The number of rotatable bonds is 4. The van der Waals surface area contributed by atoms with E-state index >= 15 is 0 Å². The third-order valence-corrected chi connectivity index (χ3v) is 8.25. The van der Waals surface area contributed by atoms with E-state index in [9.17, 15) is 28.1 Å². The molecule has 1 saturated heterocycles. The first-order valence-electron chi connectivity index (χ1n) is 11.4. The lowest BCUT2D eigenvalue weighted by Crippen LogP contribution is -2.57. The molecule has 12 heteroatoms. The molecule has 0 N–H and O–H groups in total. The van der Waals surface area contributed by atoms with Crippen molar-refractivity contribution < 1.29 is 18.1 Å². The lowest BCUT2D eigenvalue weighted by molar-refractivity contribution is -0.383. The Morgan fingerprint density at radius 1 is 1.18 bits per heavy atom. The summed E-state index contributed by atoms with van der Waals surface area (Å²) in [6.07, 6.45) is -1.19. The number of fused-ring (bicyclic) bond motifs is 1. The standard InChI is InChI=1S/C22H28F3N5O3S/c1-13-4-5-14(2)17(10-13)27(3)29-8-6-28(7-9-29)21-26-20(31)16-11-15(22(23,24)25)12-18(30(32)33)19(16)34-21/h11-14,17H,4-10H2,1-3H3. The van der Waals surface area contributed by atoms with E-state index in [0.717, 1.165) is 17.8 Å². The van der Waals surface area contributed by atoms with E-state index in [1.54, 1.807) is 0 Å². The van der Waals surface area contributed by atoms with Gasteiger partial charge in [0.15, 0.2) is 5.13 Å². The zero-order chi connectivity index (χ0) is 24.8. The van der Waals surface area contributed by atoms with Gasteiger partial charge in [-0.05, 0) is 30.7 Å². The van der Waals surface area contributed by atoms with Crippen LogP contribution in [0, 0.1) is 22.0 Å². The van der Waals surface area contributed by atoms with Crippen LogP contribution in [0.1, 0.15) is 38.7 Å². The molecule has 3 unspecified atom stereocenters. The van der Waals surface area contributed by atoms with E-state index in [-0.39, 0.29) is 10.1 Å². The number of nitro groups is 1. The molecule has 2 aliphatic rings. The Bertz CT molecular complexity index is 1130. The summed E-state index contributed by atoms with van der Waals surface area (Å²) in [5.74, 6) is 1.30. The molecule has 34 heavy (non-hydrogen) atoms. The third kappa shape index (κ3) is 4.89. The molecule has 4 rings (SSSR count). The van der Waals surface area contributed by atoms with Gasteiger partial charge in [0.1, 0.15) is 4.70 Å². The van der Waals surface area contributed by atoms with Crippen LogP contribution in [0.3, 0.4) is 0 Å². The highest BCUT2D eigenvalue weighted by atomic mass is 32.1. The summed E-state index contributed by atoms with van der Waals surface area (Å²) < 4.78 is 39.5. The second-order valence-corrected chi connectivity index (χ2v) is 10.4. The SMILES string of the molecule is CC1CCC(C)C(N(C)N2CCN(c3nc(=O)c4cc(C(F)(F)F)cc([N+](=O)[O-])c4s3)CC2)C1. The van der Waals surface area contributed by atoms with Crippen molar-refractivity contribution in [2.75, 3.05) is 38.1 Å². The third-order valence-electron chi connectivity index (χ3n) is 7.08. The first-order valence-corrected chi connectivity index (χ1v) is 12.2. The molecule has 8 nitrogen and oxygen atoms in total. The van der Waals surface area contributed by atoms with Crippen molar-refractivity contribution in [3.05, 3.63) is 38.2 Å². The molecule has 1 aromatic heterocycles. The highest BCUT2D eigenvalue weighted by Gasteiger charge is 2.35. The fraction of sp³-hybridized carbons (Fsp3) is 0.636. The molecule has 1 aromatic carbocycles. The van der Waals surface area contributed by atoms with Gasteiger partial charge in [-0.15, -0.1) is 0 Å². The number of anilines is 1. The fourth-order valence-electron chi connectivity index (χ4n) is 5.01. The van der Waals surface area contributed by atoms with Crippen molar-refractivity contribution in [3.63, 3.8) is 0 Å². The molecule has 3 atom stereocenters. The van der Waals surface area contributed by atoms with Gasteiger partial charge in [0, 0.05) is 45.3 Å². The summed E-state index contributed by atoms with van der Waals surface area (Å²) in [7, 11) is 2.11. The van der Waals surface area contributed by atoms with Gasteiger partial charge in [-0.3, -0.25) is 14.9 Å². The highest BCUT2D eigenvalue weighted by molar-refractivity contribution is 7.22. The minimum absolute atomic E-state index is 0.0856. The van der Waals surface area contributed by atoms with Crippen molar-refractivity contribution in [1.82, 2.24) is 15.0 Å². The summed E-state index contributed by atoms with van der Waals surface area (Å²) >= 11 is 0.894. The number of benzene rings is 1. The molecular formula is C22H28F3N5O3S. The van der Waals surface area contributed by atoms with Crippen LogP contribution in [0.5, 0.6) is 0 Å². The Labute approximate surface area is 199 Å². The van der Waals surface area contributed by atoms with Crippen molar-refractivity contribution in [3.8, 4) is 0 Å². The van der Waals surface area contributed by atoms with Crippen LogP contribution in [0.15, 0.2) is 16.9 Å². The van der Waals surface area contributed by atoms with Crippen LogP contribution >= 0.6 is 11.3 Å². The van der Waals surface area contributed by atoms with E-state index < -0.39 is 27.9 Å². The van der Waals surface area contributed by atoms with Crippen LogP contribution in [0.4, 0.5) is 24.0 Å². The van der Waals surface area contributed by atoms with Crippen LogP contribution in [-0.2, 0) is 6.18 Å². The number of hydrogen-bond donors (Lipinski definition) is 0. The van der Waals surface area contributed by atoms with Gasteiger partial charge in [-0.2, -0.15) is 18.2 Å². The van der Waals surface area contributed by atoms with E-state index in [4.69, 9.17) is 0 Å². The lowest BCUT2D eigenvalue weighted by Gasteiger charge is -2.46. The molecule has 0 radical (unpaired) electrons. The molecule has 2 fully saturated rings. The Hall–Kier alpha value is -2.31. The Morgan fingerprint density at radius 2 is 1.85 bits per heavy atom. The summed E-state index contributed by atoms with van der Waals surface area (Å²) in [4.78, 5) is 29.1. The first kappa shape index (κ1) is 24.8. The maximum Gasteiger partial charge on any atom is 0.416 e. The van der Waals surface area contributed by atoms with Gasteiger partial charge in [-0.25, -0.2) is 10.0 Å². The highest BCUT2D eigenvalue weighted by Crippen LogP contribution is 2.38. The number of non-ortho nitro benzene ring substituents is 1. The molecular weight excluding hydrogens is 471 g/mol. The molecule has 1 aliphatic heterocycles. The molecule has 0 spiro atoms. The number of hydrazine groups is 1. The molecule has 2 aromatic rings. The van der Waals surface area contributed by atoms with E-state index in [1.165, 1.54) is 12.8 Å². The van der Waals surface area contributed by atoms with Crippen LogP contribution < -0.4 is 10.5 Å². The Kier molecular flexibility index (Phi) is 6.85. The number of hydrogen-bond acceptors (Lipinski definition) is 8. The summed E-state index contributed by atoms with van der Waals surface area (Å²) in [5.41, 5.74) is -2.84. The van der Waals surface area contributed by atoms with Gasteiger partial charge >= 0.3 is 6.18 Å². The summed E-state index contributed by atoms with van der Waals surface area (Å²) in [6, 6.07) is 1.61. The molecule has 1 aliphatic carbocycles. The van der Waals surface area contributed by atoms with E-state index in [0.29, 0.717) is 61.3 Å². The quantitative estimate of drug-likeness (QED) is 0.456. The Morgan fingerprint density at radius 3 is 2.47 bits per heavy atom. The summed E-state index contributed by atoms with van der Waals surface area (Å²) in [5, 5.41) is 16.0. The van der Waals surface area contributed by atoms with Crippen molar-refractivity contribution in [2.45, 2.75) is 45.3 Å². The molecule has 0 amide bonds. The van der Waals surface area contributed by atoms with Crippen molar-refractivity contribution in [1.29, 1.82) is 0 Å². The Balaban J connectivity index is 1.56. The number of alkyl halides is 3. The molecule has 1 saturated carbocycles. The van der Waals surface area contributed by atoms with E-state index in [1.807, 2.05) is 4.90 Å². The van der Waals surface area contributed by atoms with Gasteiger partial charge in [-0.1, -0.05) is 31.6 Å².